The summed E-state index contributed by atoms with van der Waals surface area (Å²) in [5, 5.41) is 18.7. The minimum Gasteiger partial charge on any atom is -0.387 e. The lowest BCUT2D eigenvalue weighted by atomic mass is 10.0. The van der Waals surface area contributed by atoms with Crippen molar-refractivity contribution < 1.29 is 9.90 Å². The van der Waals surface area contributed by atoms with E-state index in [0.29, 0.717) is 24.2 Å². The van der Waals surface area contributed by atoms with Gasteiger partial charge in [-0.15, -0.1) is 0 Å². The molecule has 2 aromatic carbocycles. The molecule has 0 fully saturated rings. The molecule has 0 aliphatic heterocycles. The molecule has 0 saturated carbocycles. The number of carbonyl (C=O) groups excluding carboxylic acids is 1. The van der Waals surface area contributed by atoms with E-state index in [-0.39, 0.29) is 18.0 Å². The van der Waals surface area contributed by atoms with Crippen LogP contribution in [-0.4, -0.2) is 50.2 Å². The van der Waals surface area contributed by atoms with E-state index in [1.165, 1.54) is 16.0 Å². The van der Waals surface area contributed by atoms with E-state index in [1.807, 2.05) is 21.3 Å². The molecular weight excluding hydrogens is 438 g/mol. The van der Waals surface area contributed by atoms with Gasteiger partial charge in [-0.2, -0.15) is 0 Å². The number of benzene rings is 2. The molecule has 2 unspecified atom stereocenters. The van der Waals surface area contributed by atoms with Crippen molar-refractivity contribution in [2.24, 2.45) is 0 Å². The molecule has 182 valence electrons. The van der Waals surface area contributed by atoms with Crippen LogP contribution in [0.5, 0.6) is 0 Å². The standard InChI is InChI=1S/C28H33N5O2/c1-19-7-11-22(12-8-19)16-24(17-31(4)26(35)18-34)33-27-25(6-5-15-30-27)32(28(33)29)21(3)23-13-9-20(2)10-14-23/h5-15,21,24,29,34H,16-18H2,1-4H3. The Balaban J connectivity index is 1.85. The van der Waals surface area contributed by atoms with Crippen molar-refractivity contribution in [3.8, 4) is 0 Å². The summed E-state index contributed by atoms with van der Waals surface area (Å²) in [6.07, 6.45) is 2.36. The van der Waals surface area contributed by atoms with Gasteiger partial charge in [0.2, 0.25) is 11.5 Å². The lowest BCUT2D eigenvalue weighted by Crippen LogP contribution is -2.39. The molecule has 7 heteroatoms. The summed E-state index contributed by atoms with van der Waals surface area (Å²) in [7, 11) is 1.69. The maximum Gasteiger partial charge on any atom is 0.248 e. The lowest BCUT2D eigenvalue weighted by molar-refractivity contribution is -0.133. The molecule has 2 N–H and O–H groups in total. The van der Waals surface area contributed by atoms with Crippen LogP contribution in [0.25, 0.3) is 11.2 Å². The van der Waals surface area contributed by atoms with Crippen LogP contribution in [-0.2, 0) is 11.2 Å². The average molecular weight is 472 g/mol. The summed E-state index contributed by atoms with van der Waals surface area (Å²) < 4.78 is 3.93. The number of rotatable bonds is 8. The maximum absolute atomic E-state index is 12.2. The van der Waals surface area contributed by atoms with E-state index in [2.05, 4.69) is 74.3 Å². The van der Waals surface area contributed by atoms with E-state index in [4.69, 9.17) is 0 Å². The highest BCUT2D eigenvalue weighted by molar-refractivity contribution is 5.77. The molecule has 4 rings (SSSR count). The van der Waals surface area contributed by atoms with Gasteiger partial charge < -0.3 is 14.6 Å². The van der Waals surface area contributed by atoms with E-state index in [9.17, 15) is 15.3 Å². The predicted molar refractivity (Wildman–Crippen MR) is 137 cm³/mol. The molecular formula is C28H33N5O2. The van der Waals surface area contributed by atoms with E-state index < -0.39 is 6.61 Å². The fourth-order valence-electron chi connectivity index (χ4n) is 4.60. The second-order valence-electron chi connectivity index (χ2n) is 9.27. The van der Waals surface area contributed by atoms with Crippen molar-refractivity contribution in [2.75, 3.05) is 20.2 Å². The third-order valence-corrected chi connectivity index (χ3v) is 6.66. The van der Waals surface area contributed by atoms with Gasteiger partial charge in [0.15, 0.2) is 5.65 Å². The van der Waals surface area contributed by atoms with Gasteiger partial charge in [0.05, 0.1) is 17.6 Å². The molecule has 2 heterocycles. The first kappa shape index (κ1) is 24.4. The van der Waals surface area contributed by atoms with Crippen molar-refractivity contribution in [1.82, 2.24) is 19.0 Å². The molecule has 0 aliphatic carbocycles. The Kier molecular flexibility index (Phi) is 7.17. The van der Waals surface area contributed by atoms with Gasteiger partial charge in [0.1, 0.15) is 6.61 Å². The number of likely N-dealkylation sites (N-methyl/N-ethyl adjacent to an activating group) is 1. The summed E-state index contributed by atoms with van der Waals surface area (Å²) in [6.45, 7) is 6.01. The second kappa shape index (κ2) is 10.3. The van der Waals surface area contributed by atoms with Gasteiger partial charge in [-0.25, -0.2) is 4.98 Å². The quantitative estimate of drug-likeness (QED) is 0.410. The number of carbonyl (C=O) groups is 1. The molecule has 0 aliphatic rings. The van der Waals surface area contributed by atoms with Crippen molar-refractivity contribution in [3.05, 3.63) is 94.7 Å². The second-order valence-corrected chi connectivity index (χ2v) is 9.27. The Labute approximate surface area is 205 Å². The molecule has 7 nitrogen and oxygen atoms in total. The number of amides is 1. The van der Waals surface area contributed by atoms with Crippen molar-refractivity contribution in [3.63, 3.8) is 0 Å². The number of aliphatic hydroxyl groups is 1. The number of fused-ring (bicyclic) bond motifs is 1. The summed E-state index contributed by atoms with van der Waals surface area (Å²) >= 11 is 0. The highest BCUT2D eigenvalue weighted by Gasteiger charge is 2.25. The Hall–Kier alpha value is -3.71. The van der Waals surface area contributed by atoms with E-state index in [1.54, 1.807) is 13.2 Å². The molecule has 0 saturated heterocycles. The average Bonchev–Trinajstić information content (AvgIpc) is 3.16. The third-order valence-electron chi connectivity index (χ3n) is 6.66. The molecule has 2 aromatic heterocycles. The number of aryl methyl sites for hydroxylation is 2. The fourth-order valence-corrected chi connectivity index (χ4v) is 4.60. The zero-order valence-corrected chi connectivity index (χ0v) is 20.8. The maximum atomic E-state index is 12.2. The summed E-state index contributed by atoms with van der Waals surface area (Å²) in [5.41, 5.74) is 6.50. The smallest absolute Gasteiger partial charge is 0.248 e. The monoisotopic (exact) mass is 471 g/mol. The molecule has 35 heavy (non-hydrogen) atoms. The molecule has 0 spiro atoms. The SMILES string of the molecule is Cc1ccc(CC(CN(C)C(=O)CO)n2c(=N)n(C(C)c3ccc(C)cc3)c3cccnc32)cc1. The zero-order valence-electron chi connectivity index (χ0n) is 20.8. The first-order valence-electron chi connectivity index (χ1n) is 11.9. The van der Waals surface area contributed by atoms with Crippen molar-refractivity contribution in [2.45, 2.75) is 39.3 Å². The first-order valence-corrected chi connectivity index (χ1v) is 11.9. The van der Waals surface area contributed by atoms with Crippen LogP contribution in [0.3, 0.4) is 0 Å². The van der Waals surface area contributed by atoms with Crippen molar-refractivity contribution in [1.29, 1.82) is 5.41 Å². The van der Waals surface area contributed by atoms with Crippen LogP contribution in [0.15, 0.2) is 66.9 Å². The Morgan fingerprint density at radius 2 is 1.66 bits per heavy atom. The largest absolute Gasteiger partial charge is 0.387 e. The number of aromatic nitrogens is 3. The summed E-state index contributed by atoms with van der Waals surface area (Å²) in [6, 6.07) is 20.3. The normalized spacial score (nSPS) is 13.1. The minimum atomic E-state index is -0.545. The van der Waals surface area contributed by atoms with Crippen LogP contribution in [0.4, 0.5) is 0 Å². The van der Waals surface area contributed by atoms with Crippen molar-refractivity contribution >= 4 is 17.1 Å². The van der Waals surface area contributed by atoms with Crippen LogP contribution >= 0.6 is 0 Å². The van der Waals surface area contributed by atoms with Gasteiger partial charge in [-0.05, 0) is 50.5 Å². The van der Waals surface area contributed by atoms with Crippen LogP contribution in [0, 0.1) is 19.3 Å². The molecule has 0 radical (unpaired) electrons. The van der Waals surface area contributed by atoms with Crippen LogP contribution in [0.1, 0.15) is 41.3 Å². The topological polar surface area (TPSA) is 87.1 Å². The molecule has 2 atom stereocenters. The Morgan fingerprint density at radius 1 is 1.03 bits per heavy atom. The highest BCUT2D eigenvalue weighted by atomic mass is 16.3. The number of nitrogens with zero attached hydrogens (tertiary/aromatic N) is 4. The van der Waals surface area contributed by atoms with Crippen LogP contribution in [0.2, 0.25) is 0 Å². The number of aliphatic hydroxyl groups excluding tert-OH is 1. The lowest BCUT2D eigenvalue weighted by Gasteiger charge is -2.25. The van der Waals surface area contributed by atoms with Gasteiger partial charge in [0.25, 0.3) is 0 Å². The van der Waals surface area contributed by atoms with E-state index in [0.717, 1.165) is 16.6 Å². The highest BCUT2D eigenvalue weighted by Crippen LogP contribution is 2.25. The minimum absolute atomic E-state index is 0.0760. The molecule has 4 aromatic rings. The number of pyridine rings is 1. The summed E-state index contributed by atoms with van der Waals surface area (Å²) in [4.78, 5) is 18.4. The van der Waals surface area contributed by atoms with Gasteiger partial charge in [-0.3, -0.25) is 14.8 Å². The molecule has 1 amide bonds. The Morgan fingerprint density at radius 3 is 2.29 bits per heavy atom. The summed E-state index contributed by atoms with van der Waals surface area (Å²) in [5.74, 6) is -0.351. The first-order chi connectivity index (χ1) is 16.8. The number of hydrogen-bond donors (Lipinski definition) is 2. The number of hydrogen-bond acceptors (Lipinski definition) is 4. The third kappa shape index (κ3) is 5.05. The van der Waals surface area contributed by atoms with Gasteiger partial charge >= 0.3 is 0 Å². The van der Waals surface area contributed by atoms with Gasteiger partial charge in [-0.1, -0.05) is 59.7 Å². The fraction of sp³-hybridized carbons (Fsp3) is 0.321. The number of imidazole rings is 1. The molecule has 0 bridgehead atoms. The van der Waals surface area contributed by atoms with Gasteiger partial charge in [0, 0.05) is 19.8 Å². The number of nitrogens with one attached hydrogen (secondary N) is 1. The van der Waals surface area contributed by atoms with E-state index >= 15 is 0 Å². The zero-order chi connectivity index (χ0) is 25.1. The van der Waals surface area contributed by atoms with Crippen LogP contribution < -0.4 is 5.62 Å². The Bertz CT molecular complexity index is 1370. The predicted octanol–water partition coefficient (Wildman–Crippen LogP) is 3.78.